The molecular weight excluding hydrogens is 452 g/mol. The fourth-order valence-corrected chi connectivity index (χ4v) is 5.92. The van der Waals surface area contributed by atoms with E-state index in [9.17, 15) is 9.59 Å². The maximum atomic E-state index is 12.8. The largest absolute Gasteiger partial charge is 0.446 e. The molecule has 0 saturated heterocycles. The maximum absolute atomic E-state index is 12.8. The smallest absolute Gasteiger partial charge is 0.412 e. The zero-order valence-corrected chi connectivity index (χ0v) is 23.4. The van der Waals surface area contributed by atoms with Crippen LogP contribution in [0.3, 0.4) is 0 Å². The number of nitrogens with one attached hydrogen (secondary N) is 1. The van der Waals surface area contributed by atoms with Crippen molar-refractivity contribution in [1.29, 1.82) is 0 Å². The summed E-state index contributed by atoms with van der Waals surface area (Å²) in [6.07, 6.45) is 12.6. The van der Waals surface area contributed by atoms with Crippen molar-refractivity contribution in [2.24, 2.45) is 16.6 Å². The highest BCUT2D eigenvalue weighted by Crippen LogP contribution is 2.46. The molecule has 0 heterocycles. The lowest BCUT2D eigenvalue weighted by molar-refractivity contribution is -0.0163. The van der Waals surface area contributed by atoms with Gasteiger partial charge in [-0.25, -0.2) is 9.59 Å². The van der Waals surface area contributed by atoms with Gasteiger partial charge >= 0.3 is 12.2 Å². The number of ether oxygens (including phenoxy) is 2. The molecule has 0 aliphatic heterocycles. The number of rotatable bonds is 14. The number of nitrogens with two attached hydrogens (primary N) is 1. The summed E-state index contributed by atoms with van der Waals surface area (Å²) in [6.45, 7) is 11.3. The molecule has 2 unspecified atom stereocenters. The molecule has 1 saturated carbocycles. The van der Waals surface area contributed by atoms with Gasteiger partial charge in [0.25, 0.3) is 0 Å². The van der Waals surface area contributed by atoms with Crippen LogP contribution in [0.25, 0.3) is 0 Å². The third-order valence-corrected chi connectivity index (χ3v) is 7.29. The summed E-state index contributed by atoms with van der Waals surface area (Å²) in [5.41, 5.74) is 7.48. The molecule has 1 aromatic rings. The molecule has 0 radical (unpaired) electrons. The van der Waals surface area contributed by atoms with Crippen LogP contribution in [0.4, 0.5) is 9.59 Å². The second-order valence-corrected chi connectivity index (χ2v) is 11.9. The van der Waals surface area contributed by atoms with Gasteiger partial charge in [-0.05, 0) is 73.0 Å². The molecule has 36 heavy (non-hydrogen) atoms. The third kappa shape index (κ3) is 10.8. The van der Waals surface area contributed by atoms with Crippen LogP contribution in [0.5, 0.6) is 5.75 Å². The summed E-state index contributed by atoms with van der Waals surface area (Å²) >= 11 is 0. The van der Waals surface area contributed by atoms with Gasteiger partial charge in [0.15, 0.2) is 0 Å². The Hall–Kier alpha value is -2.24. The van der Waals surface area contributed by atoms with Gasteiger partial charge in [0, 0.05) is 6.54 Å². The monoisotopic (exact) mass is 502 g/mol. The Labute approximate surface area is 219 Å². The fraction of sp³-hybridized carbons (Fsp3) is 0.733. The Morgan fingerprint density at radius 3 is 2.28 bits per heavy atom. The first kappa shape index (κ1) is 30.0. The number of unbranched alkanes of at least 4 members (excludes halogenated alkanes) is 6. The zero-order valence-electron chi connectivity index (χ0n) is 23.4. The minimum absolute atomic E-state index is 0.0165. The summed E-state index contributed by atoms with van der Waals surface area (Å²) in [5, 5.41) is 2.99. The van der Waals surface area contributed by atoms with Gasteiger partial charge in [0.1, 0.15) is 11.9 Å². The van der Waals surface area contributed by atoms with Gasteiger partial charge in [-0.3, -0.25) is 0 Å². The number of carbonyl (C=O) groups is 2. The van der Waals surface area contributed by atoms with Crippen LogP contribution in [-0.4, -0.2) is 24.8 Å². The number of primary amides is 1. The molecule has 0 spiro atoms. The predicted octanol–water partition coefficient (Wildman–Crippen LogP) is 7.70. The quantitative estimate of drug-likeness (QED) is 0.255. The van der Waals surface area contributed by atoms with E-state index in [0.29, 0.717) is 18.7 Å². The minimum Gasteiger partial charge on any atom is -0.446 e. The standard InChI is InChI=1S/C30H50N2O4/c1-6-8-10-12-14-23-16-17-26(24(18-23)15-13-11-9-7-2)36-28(34)32-22-30(5)20-25(35-27(31)33)19-29(3,4)21-30/h16-18,25H,6-15,19-22H2,1-5H3,(H2,31,33)(H,32,34). The molecule has 1 aliphatic carbocycles. The molecule has 6 heteroatoms. The van der Waals surface area contributed by atoms with Crippen LogP contribution in [0.15, 0.2) is 18.2 Å². The summed E-state index contributed by atoms with van der Waals surface area (Å²) in [7, 11) is 0. The average Bonchev–Trinajstić information content (AvgIpc) is 2.78. The van der Waals surface area contributed by atoms with E-state index in [-0.39, 0.29) is 16.9 Å². The summed E-state index contributed by atoms with van der Waals surface area (Å²) in [5.74, 6) is 0.658. The summed E-state index contributed by atoms with van der Waals surface area (Å²) in [6, 6.07) is 6.30. The normalized spacial score (nSPS) is 21.1. The molecule has 1 aromatic carbocycles. The molecule has 2 atom stereocenters. The first-order valence-electron chi connectivity index (χ1n) is 14.1. The van der Waals surface area contributed by atoms with Gasteiger partial charge in [0.2, 0.25) is 0 Å². The molecule has 0 bridgehead atoms. The van der Waals surface area contributed by atoms with Gasteiger partial charge in [-0.2, -0.15) is 0 Å². The van der Waals surface area contributed by atoms with Crippen LogP contribution in [0.2, 0.25) is 0 Å². The van der Waals surface area contributed by atoms with Crippen molar-refractivity contribution >= 4 is 12.2 Å². The molecule has 2 rings (SSSR count). The highest BCUT2D eigenvalue weighted by molar-refractivity contribution is 5.71. The van der Waals surface area contributed by atoms with Gasteiger partial charge in [-0.1, -0.05) is 85.3 Å². The lowest BCUT2D eigenvalue weighted by atomic mass is 9.63. The van der Waals surface area contributed by atoms with Crippen molar-refractivity contribution in [2.75, 3.05) is 6.54 Å². The first-order valence-corrected chi connectivity index (χ1v) is 14.1. The number of carbonyl (C=O) groups excluding carboxylic acids is 2. The van der Waals surface area contributed by atoms with E-state index < -0.39 is 12.2 Å². The number of benzene rings is 1. The Balaban J connectivity index is 2.01. The van der Waals surface area contributed by atoms with Crippen molar-refractivity contribution in [3.63, 3.8) is 0 Å². The van der Waals surface area contributed by atoms with Gasteiger partial charge in [-0.15, -0.1) is 0 Å². The predicted molar refractivity (Wildman–Crippen MR) is 146 cm³/mol. The van der Waals surface area contributed by atoms with E-state index in [0.717, 1.165) is 37.7 Å². The molecule has 3 N–H and O–H groups in total. The Morgan fingerprint density at radius 2 is 1.64 bits per heavy atom. The van der Waals surface area contributed by atoms with Crippen LogP contribution >= 0.6 is 0 Å². The van der Waals surface area contributed by atoms with Crippen LogP contribution < -0.4 is 15.8 Å². The highest BCUT2D eigenvalue weighted by Gasteiger charge is 2.42. The van der Waals surface area contributed by atoms with Crippen LogP contribution in [0, 0.1) is 10.8 Å². The fourth-order valence-electron chi connectivity index (χ4n) is 5.92. The van der Waals surface area contributed by atoms with Gasteiger partial charge in [0.05, 0.1) is 0 Å². The van der Waals surface area contributed by atoms with E-state index in [1.54, 1.807) is 0 Å². The highest BCUT2D eigenvalue weighted by atomic mass is 16.6. The van der Waals surface area contributed by atoms with E-state index in [4.69, 9.17) is 15.2 Å². The molecule has 2 amide bonds. The molecule has 1 fully saturated rings. The molecular formula is C30H50N2O4. The lowest BCUT2D eigenvalue weighted by Crippen LogP contribution is -2.47. The van der Waals surface area contributed by atoms with Crippen molar-refractivity contribution in [3.05, 3.63) is 29.3 Å². The summed E-state index contributed by atoms with van der Waals surface area (Å²) in [4.78, 5) is 24.2. The number of aryl methyl sites for hydroxylation is 2. The third-order valence-electron chi connectivity index (χ3n) is 7.29. The Bertz CT molecular complexity index is 838. The van der Waals surface area contributed by atoms with E-state index >= 15 is 0 Å². The van der Waals surface area contributed by atoms with Crippen molar-refractivity contribution in [3.8, 4) is 5.75 Å². The number of hydrogen-bond donors (Lipinski definition) is 2. The molecule has 1 aliphatic rings. The minimum atomic E-state index is -0.743. The van der Waals surface area contributed by atoms with E-state index in [1.165, 1.54) is 50.5 Å². The Kier molecular flexibility index (Phi) is 12.1. The molecule has 6 nitrogen and oxygen atoms in total. The maximum Gasteiger partial charge on any atom is 0.412 e. The number of amides is 2. The van der Waals surface area contributed by atoms with Crippen molar-refractivity contribution in [2.45, 2.75) is 124 Å². The van der Waals surface area contributed by atoms with Crippen molar-refractivity contribution in [1.82, 2.24) is 5.32 Å². The SMILES string of the molecule is CCCCCCc1ccc(OC(=O)NCC2(C)CC(OC(N)=O)CC(C)(C)C2)c(CCCCCC)c1. The molecule has 0 aromatic heterocycles. The second kappa shape index (κ2) is 14.5. The molecule has 204 valence electrons. The van der Waals surface area contributed by atoms with Crippen LogP contribution in [0.1, 0.15) is 116 Å². The number of hydrogen-bond acceptors (Lipinski definition) is 4. The lowest BCUT2D eigenvalue weighted by Gasteiger charge is -2.45. The van der Waals surface area contributed by atoms with Crippen molar-refractivity contribution < 1.29 is 19.1 Å². The van der Waals surface area contributed by atoms with E-state index in [1.807, 2.05) is 6.07 Å². The first-order chi connectivity index (χ1) is 17.1. The summed E-state index contributed by atoms with van der Waals surface area (Å²) < 4.78 is 11.2. The zero-order chi connectivity index (χ0) is 26.6. The van der Waals surface area contributed by atoms with Gasteiger partial charge < -0.3 is 20.5 Å². The van der Waals surface area contributed by atoms with Crippen LogP contribution in [-0.2, 0) is 17.6 Å². The van der Waals surface area contributed by atoms with E-state index in [2.05, 4.69) is 52.1 Å². The Morgan fingerprint density at radius 1 is 0.972 bits per heavy atom. The average molecular weight is 503 g/mol. The topological polar surface area (TPSA) is 90.7 Å². The second-order valence-electron chi connectivity index (χ2n) is 11.9.